The van der Waals surface area contributed by atoms with E-state index in [-0.39, 0.29) is 12.0 Å². The second-order valence-corrected chi connectivity index (χ2v) is 4.72. The highest BCUT2D eigenvalue weighted by Gasteiger charge is 2.21. The fourth-order valence-corrected chi connectivity index (χ4v) is 2.39. The van der Waals surface area contributed by atoms with E-state index >= 15 is 0 Å². The zero-order valence-corrected chi connectivity index (χ0v) is 11.1. The molecule has 0 aromatic heterocycles. The lowest BCUT2D eigenvalue weighted by atomic mass is 10.2. The molecular weight excluding hydrogens is 237 g/mol. The van der Waals surface area contributed by atoms with E-state index in [1.807, 2.05) is 13.6 Å². The summed E-state index contributed by atoms with van der Waals surface area (Å²) < 4.78 is 10.3. The highest BCUT2D eigenvalue weighted by atomic mass is 35.5. The summed E-state index contributed by atoms with van der Waals surface area (Å²) in [6.45, 7) is 6.63. The molecule has 4 nitrogen and oxygen atoms in total. The van der Waals surface area contributed by atoms with Gasteiger partial charge in [0.05, 0.1) is 14.9 Å². The Morgan fingerprint density at radius 2 is 2.13 bits per heavy atom. The number of hydrogen-bond acceptors (Lipinski definition) is 4. The second kappa shape index (κ2) is 9.34. The number of carbonyl (C=O) groups is 1. The highest BCUT2D eigenvalue weighted by Crippen LogP contribution is 2.27. The molecule has 0 aromatic carbocycles. The summed E-state index contributed by atoms with van der Waals surface area (Å²) in [5, 5.41) is 3.09. The van der Waals surface area contributed by atoms with Gasteiger partial charge in [-0.2, -0.15) is 0 Å². The smallest absolute Gasteiger partial charge is 0.323 e. The van der Waals surface area contributed by atoms with E-state index in [1.165, 1.54) is 0 Å². The molecule has 6 heteroatoms. The van der Waals surface area contributed by atoms with Crippen LogP contribution in [0.5, 0.6) is 0 Å². The van der Waals surface area contributed by atoms with Crippen molar-refractivity contribution in [2.75, 3.05) is 25.8 Å². The van der Waals surface area contributed by atoms with Crippen molar-refractivity contribution in [3.05, 3.63) is 0 Å². The van der Waals surface area contributed by atoms with Crippen molar-refractivity contribution in [3.8, 4) is 0 Å². The molecule has 2 unspecified atom stereocenters. The molecule has 15 heavy (non-hydrogen) atoms. The number of rotatable bonds is 8. The predicted octanol–water partition coefficient (Wildman–Crippen LogP) is 2.11. The zero-order valence-electron chi connectivity index (χ0n) is 9.46. The molecule has 0 aliphatic heterocycles. The van der Waals surface area contributed by atoms with Crippen LogP contribution in [0.1, 0.15) is 20.3 Å². The number of ether oxygens (including phenoxy) is 1. The Morgan fingerprint density at radius 3 is 2.60 bits per heavy atom. The van der Waals surface area contributed by atoms with Crippen LogP contribution in [-0.4, -0.2) is 37.8 Å². The first-order chi connectivity index (χ1) is 7.15. The zero-order chi connectivity index (χ0) is 11.7. The fourth-order valence-electron chi connectivity index (χ4n) is 1.04. The van der Waals surface area contributed by atoms with E-state index in [4.69, 9.17) is 20.9 Å². The predicted molar refractivity (Wildman–Crippen MR) is 63.4 cm³/mol. The molecule has 1 N–H and O–H groups in total. The molecule has 0 aliphatic carbocycles. The van der Waals surface area contributed by atoms with Gasteiger partial charge >= 0.3 is 5.97 Å². The number of carbonyl (C=O) groups excluding carboxylic acids is 1. The van der Waals surface area contributed by atoms with E-state index in [0.717, 1.165) is 0 Å². The van der Waals surface area contributed by atoms with Crippen LogP contribution < -0.4 is 5.09 Å². The van der Waals surface area contributed by atoms with Crippen molar-refractivity contribution in [2.45, 2.75) is 26.3 Å². The first kappa shape index (κ1) is 15.1. The molecule has 0 fully saturated rings. The highest BCUT2D eigenvalue weighted by molar-refractivity contribution is 7.49. The Balaban J connectivity index is 4.07. The van der Waals surface area contributed by atoms with Gasteiger partial charge in [-0.25, -0.2) is 0 Å². The van der Waals surface area contributed by atoms with Gasteiger partial charge in [-0.1, -0.05) is 0 Å². The van der Waals surface area contributed by atoms with E-state index < -0.39 is 8.30 Å². The van der Waals surface area contributed by atoms with Gasteiger partial charge in [0, 0.05) is 12.5 Å². The van der Waals surface area contributed by atoms with Crippen molar-refractivity contribution >= 4 is 25.9 Å². The van der Waals surface area contributed by atoms with Crippen molar-refractivity contribution < 1.29 is 14.1 Å². The Morgan fingerprint density at radius 1 is 1.47 bits per heavy atom. The lowest BCUT2D eigenvalue weighted by molar-refractivity contribution is -0.145. The minimum Gasteiger partial charge on any atom is -0.465 e. The number of halogens is 1. The van der Waals surface area contributed by atoms with Gasteiger partial charge in [-0.15, -0.1) is 11.6 Å². The molecule has 0 heterocycles. The van der Waals surface area contributed by atoms with Crippen LogP contribution in [0.3, 0.4) is 0 Å². The van der Waals surface area contributed by atoms with Crippen LogP contribution in [0, 0.1) is 0 Å². The molecule has 0 radical (unpaired) electrons. The molecule has 0 saturated heterocycles. The third-order valence-corrected chi connectivity index (χ3v) is 3.17. The van der Waals surface area contributed by atoms with Crippen LogP contribution in [0.25, 0.3) is 0 Å². The molecule has 0 rings (SSSR count). The van der Waals surface area contributed by atoms with Gasteiger partial charge < -0.3 is 9.26 Å². The monoisotopic (exact) mass is 255 g/mol. The van der Waals surface area contributed by atoms with Gasteiger partial charge in [0.15, 0.2) is 0 Å². The minimum atomic E-state index is -0.784. The van der Waals surface area contributed by atoms with Gasteiger partial charge in [-0.05, 0) is 26.9 Å². The molecule has 0 amide bonds. The summed E-state index contributed by atoms with van der Waals surface area (Å²) in [5.41, 5.74) is 0. The van der Waals surface area contributed by atoms with Crippen LogP contribution >= 0.6 is 19.9 Å². The third kappa shape index (κ3) is 7.07. The Hall–Kier alpha value is 0.110. The molecule has 2 atom stereocenters. The maximum Gasteiger partial charge on any atom is 0.323 e. The van der Waals surface area contributed by atoms with Crippen molar-refractivity contribution in [1.29, 1.82) is 0 Å². The van der Waals surface area contributed by atoms with Crippen LogP contribution in [0.15, 0.2) is 0 Å². The first-order valence-corrected chi connectivity index (χ1v) is 7.25. The number of alkyl halides is 1. The van der Waals surface area contributed by atoms with Crippen molar-refractivity contribution in [3.63, 3.8) is 0 Å². The molecule has 90 valence electrons. The molecule has 0 aromatic rings. The van der Waals surface area contributed by atoms with Gasteiger partial charge in [0.2, 0.25) is 0 Å². The normalized spacial score (nSPS) is 14.7. The Labute approximate surface area is 97.5 Å². The minimum absolute atomic E-state index is 0.257. The summed E-state index contributed by atoms with van der Waals surface area (Å²) in [6, 6.07) is -0.356. The van der Waals surface area contributed by atoms with Crippen molar-refractivity contribution in [1.82, 2.24) is 5.09 Å². The number of esters is 1. The van der Waals surface area contributed by atoms with E-state index in [1.54, 1.807) is 6.92 Å². The van der Waals surface area contributed by atoms with Crippen LogP contribution in [-0.2, 0) is 14.1 Å². The summed E-state index contributed by atoms with van der Waals surface area (Å²) in [4.78, 5) is 11.5. The fraction of sp³-hybridized carbons (Fsp3) is 0.889. The summed E-state index contributed by atoms with van der Waals surface area (Å²) in [7, 11) is -0.784. The maximum absolute atomic E-state index is 11.5. The summed E-state index contributed by atoms with van der Waals surface area (Å²) >= 11 is 5.62. The van der Waals surface area contributed by atoms with E-state index in [2.05, 4.69) is 5.09 Å². The van der Waals surface area contributed by atoms with Gasteiger partial charge in [0.1, 0.15) is 6.04 Å². The topological polar surface area (TPSA) is 47.6 Å². The SMILES string of the molecule is CCOC(=O)C(CCCl)NP(C)OCC. The largest absolute Gasteiger partial charge is 0.465 e. The van der Waals surface area contributed by atoms with Crippen LogP contribution in [0.2, 0.25) is 0 Å². The summed E-state index contributed by atoms with van der Waals surface area (Å²) in [6.07, 6.45) is 0.556. The molecule has 0 saturated carbocycles. The lowest BCUT2D eigenvalue weighted by Gasteiger charge is -2.20. The molecular formula is C9H19ClNO3P. The quantitative estimate of drug-likeness (QED) is 0.410. The average Bonchev–Trinajstić information content (AvgIpc) is 2.18. The van der Waals surface area contributed by atoms with Crippen molar-refractivity contribution in [2.24, 2.45) is 0 Å². The maximum atomic E-state index is 11.5. The number of nitrogens with one attached hydrogen (secondary N) is 1. The first-order valence-electron chi connectivity index (χ1n) is 5.01. The van der Waals surface area contributed by atoms with E-state index in [0.29, 0.717) is 25.5 Å². The molecule has 0 spiro atoms. The summed E-state index contributed by atoms with van der Waals surface area (Å²) in [5.74, 6) is 0.165. The Bertz CT molecular complexity index is 183. The van der Waals surface area contributed by atoms with Crippen LogP contribution in [0.4, 0.5) is 0 Å². The second-order valence-electron chi connectivity index (χ2n) is 2.83. The average molecular weight is 256 g/mol. The standard InChI is InChI=1S/C9H19ClNO3P/c1-4-13-9(12)8(6-7-10)11-15(3)14-5-2/h8,11H,4-7H2,1-3H3. The number of hydrogen-bond donors (Lipinski definition) is 1. The third-order valence-electron chi connectivity index (χ3n) is 1.63. The van der Waals surface area contributed by atoms with Gasteiger partial charge in [0.25, 0.3) is 0 Å². The molecule has 0 aliphatic rings. The Kier molecular flexibility index (Phi) is 9.41. The van der Waals surface area contributed by atoms with Gasteiger partial charge in [-0.3, -0.25) is 9.88 Å². The lowest BCUT2D eigenvalue weighted by Crippen LogP contribution is -2.35. The van der Waals surface area contributed by atoms with E-state index in [9.17, 15) is 4.79 Å². The molecule has 0 bridgehead atoms.